The van der Waals surface area contributed by atoms with Crippen molar-refractivity contribution >= 4 is 11.9 Å². The van der Waals surface area contributed by atoms with Crippen LogP contribution in [0.3, 0.4) is 0 Å². The van der Waals surface area contributed by atoms with Gasteiger partial charge < -0.3 is 19.9 Å². The van der Waals surface area contributed by atoms with E-state index in [4.69, 9.17) is 0 Å². The zero-order valence-electron chi connectivity index (χ0n) is 27.7. The Morgan fingerprint density at radius 3 is 2.11 bits per heavy atom. The first kappa shape index (κ1) is 37.4. The van der Waals surface area contributed by atoms with E-state index in [1.165, 1.54) is 25.1 Å². The van der Waals surface area contributed by atoms with Crippen molar-refractivity contribution in [2.24, 2.45) is 5.92 Å². The van der Waals surface area contributed by atoms with Crippen molar-refractivity contribution < 1.29 is 36.6 Å². The van der Waals surface area contributed by atoms with Gasteiger partial charge in [0.1, 0.15) is 17.7 Å². The summed E-state index contributed by atoms with van der Waals surface area (Å²) in [6.07, 6.45) is -4.06. The topological polar surface area (TPSA) is 91.6 Å². The van der Waals surface area contributed by atoms with Crippen LogP contribution in [0.1, 0.15) is 78.6 Å². The number of nitrogens with zero attached hydrogens (tertiary/aromatic N) is 2. The fraction of sp³-hybridized carbons (Fsp3) is 0.457. The predicted octanol–water partition coefficient (Wildman–Crippen LogP) is 7.15. The Morgan fingerprint density at radius 2 is 1.57 bits per heavy atom. The van der Waals surface area contributed by atoms with Gasteiger partial charge in [0.05, 0.1) is 18.0 Å². The molecular formula is C35H42F5N3O4. The fourth-order valence-electron chi connectivity index (χ4n) is 5.77. The zero-order valence-corrected chi connectivity index (χ0v) is 27.7. The average molecular weight is 664 g/mol. The number of pyridine rings is 1. The normalized spacial score (nSPS) is 13.2. The van der Waals surface area contributed by atoms with E-state index in [9.17, 15) is 37.1 Å². The fourth-order valence-corrected chi connectivity index (χ4v) is 5.77. The molecule has 2 N–H and O–H groups in total. The molecule has 0 saturated carbocycles. The number of carboxylic acids is 1. The van der Waals surface area contributed by atoms with Gasteiger partial charge >= 0.3 is 12.1 Å². The van der Waals surface area contributed by atoms with Gasteiger partial charge in [-0.05, 0) is 118 Å². The SMILES string of the molecule is Cc1cc(-c2c(C)cc(F)cc2C)cc(C(CC(=O)O)NC(=O)C(CCC(C)C)n2cc(CCN(C)C)c(C(F)(F)F)cc2=O)c1F. The molecular weight excluding hydrogens is 621 g/mol. The second-order valence-corrected chi connectivity index (χ2v) is 12.8. The minimum Gasteiger partial charge on any atom is -0.481 e. The summed E-state index contributed by atoms with van der Waals surface area (Å²) in [7, 11) is 3.39. The first-order valence-corrected chi connectivity index (χ1v) is 15.4. The van der Waals surface area contributed by atoms with E-state index in [1.807, 2.05) is 13.8 Å². The minimum atomic E-state index is -4.80. The summed E-state index contributed by atoms with van der Waals surface area (Å²) in [5.74, 6) is -3.33. The van der Waals surface area contributed by atoms with Crippen LogP contribution in [-0.2, 0) is 22.2 Å². The Labute approximate surface area is 271 Å². The van der Waals surface area contributed by atoms with Gasteiger partial charge in [0, 0.05) is 24.4 Å². The molecule has 0 aliphatic carbocycles. The van der Waals surface area contributed by atoms with Crippen molar-refractivity contribution in [1.82, 2.24) is 14.8 Å². The molecule has 0 aliphatic rings. The highest BCUT2D eigenvalue weighted by atomic mass is 19.4. The molecule has 0 saturated heterocycles. The van der Waals surface area contributed by atoms with Crippen LogP contribution >= 0.6 is 0 Å². The molecule has 7 nitrogen and oxygen atoms in total. The summed E-state index contributed by atoms with van der Waals surface area (Å²) >= 11 is 0. The molecule has 256 valence electrons. The summed E-state index contributed by atoms with van der Waals surface area (Å²) < 4.78 is 72.5. The van der Waals surface area contributed by atoms with Gasteiger partial charge in [-0.3, -0.25) is 14.4 Å². The number of aryl methyl sites for hydroxylation is 3. The van der Waals surface area contributed by atoms with Crippen LogP contribution in [0, 0.1) is 38.3 Å². The Bertz CT molecular complexity index is 1660. The molecule has 2 unspecified atom stereocenters. The zero-order chi connectivity index (χ0) is 35.4. The number of hydrogen-bond acceptors (Lipinski definition) is 4. The highest BCUT2D eigenvalue weighted by Gasteiger charge is 2.36. The molecule has 3 rings (SSSR count). The average Bonchev–Trinajstić information content (AvgIpc) is 2.92. The Balaban J connectivity index is 2.16. The molecule has 0 fully saturated rings. The Kier molecular flexibility index (Phi) is 12.1. The van der Waals surface area contributed by atoms with Crippen LogP contribution < -0.4 is 10.9 Å². The van der Waals surface area contributed by atoms with Crippen LogP contribution in [0.25, 0.3) is 11.1 Å². The third-order valence-corrected chi connectivity index (χ3v) is 8.09. The maximum atomic E-state index is 15.7. The van der Waals surface area contributed by atoms with Gasteiger partial charge in [0.25, 0.3) is 5.56 Å². The van der Waals surface area contributed by atoms with E-state index >= 15 is 4.39 Å². The molecule has 3 aromatic rings. The van der Waals surface area contributed by atoms with Crippen molar-refractivity contribution in [2.45, 2.75) is 78.6 Å². The highest BCUT2D eigenvalue weighted by Crippen LogP contribution is 2.35. The largest absolute Gasteiger partial charge is 0.481 e. The monoisotopic (exact) mass is 663 g/mol. The number of carboxylic acid groups (broad SMARTS) is 1. The van der Waals surface area contributed by atoms with Crippen molar-refractivity contribution in [1.29, 1.82) is 0 Å². The molecule has 0 radical (unpaired) electrons. The van der Waals surface area contributed by atoms with Crippen LogP contribution in [0.5, 0.6) is 0 Å². The van der Waals surface area contributed by atoms with Crippen molar-refractivity contribution in [3.63, 3.8) is 0 Å². The van der Waals surface area contributed by atoms with Gasteiger partial charge in [0.15, 0.2) is 0 Å². The standard InChI is InChI=1S/C35H42F5N3O4/c1-19(2)8-9-29(43-18-23(10-11-42(6)7)27(16-30(43)44)35(38,39)40)34(47)41-28(17-31(45)46)26-15-24(12-22(5)33(26)37)32-20(3)13-25(36)14-21(32)4/h12-16,18-19,28-29H,8-11,17H2,1-7H3,(H,41,47)(H,45,46). The highest BCUT2D eigenvalue weighted by molar-refractivity contribution is 5.82. The first-order chi connectivity index (χ1) is 21.8. The molecule has 0 spiro atoms. The Hall–Kier alpha value is -4.06. The molecule has 1 amide bonds. The minimum absolute atomic E-state index is 0.0528. The lowest BCUT2D eigenvalue weighted by molar-refractivity contribution is -0.139. The summed E-state index contributed by atoms with van der Waals surface area (Å²) in [5.41, 5.74) is -0.0397. The molecule has 1 aromatic heterocycles. The third kappa shape index (κ3) is 9.50. The molecule has 12 heteroatoms. The molecule has 0 bridgehead atoms. The number of aliphatic carboxylic acids is 1. The number of rotatable bonds is 13. The predicted molar refractivity (Wildman–Crippen MR) is 170 cm³/mol. The van der Waals surface area contributed by atoms with E-state index in [-0.39, 0.29) is 42.0 Å². The summed E-state index contributed by atoms with van der Waals surface area (Å²) in [4.78, 5) is 40.8. The van der Waals surface area contributed by atoms with Gasteiger partial charge in [-0.15, -0.1) is 0 Å². The van der Waals surface area contributed by atoms with Crippen LogP contribution in [0.4, 0.5) is 22.0 Å². The van der Waals surface area contributed by atoms with E-state index in [1.54, 1.807) is 38.9 Å². The number of carbonyl (C=O) groups excluding carboxylic acids is 1. The smallest absolute Gasteiger partial charge is 0.416 e. The van der Waals surface area contributed by atoms with E-state index in [2.05, 4.69) is 5.32 Å². The van der Waals surface area contributed by atoms with Crippen LogP contribution in [0.2, 0.25) is 0 Å². The maximum Gasteiger partial charge on any atom is 0.416 e. The van der Waals surface area contributed by atoms with E-state index in [0.717, 1.165) is 10.8 Å². The van der Waals surface area contributed by atoms with Crippen molar-refractivity contribution in [3.05, 3.63) is 91.9 Å². The van der Waals surface area contributed by atoms with E-state index in [0.29, 0.717) is 34.7 Å². The van der Waals surface area contributed by atoms with E-state index < -0.39 is 59.3 Å². The van der Waals surface area contributed by atoms with Crippen LogP contribution in [-0.4, -0.2) is 47.1 Å². The lowest BCUT2D eigenvalue weighted by Gasteiger charge is -2.26. The molecule has 2 atom stereocenters. The second-order valence-electron chi connectivity index (χ2n) is 12.8. The lowest BCUT2D eigenvalue weighted by Crippen LogP contribution is -2.40. The molecule has 47 heavy (non-hydrogen) atoms. The number of aromatic nitrogens is 1. The molecule has 1 heterocycles. The first-order valence-electron chi connectivity index (χ1n) is 15.4. The lowest BCUT2D eigenvalue weighted by atomic mass is 9.90. The number of amides is 1. The van der Waals surface area contributed by atoms with Gasteiger partial charge in [-0.1, -0.05) is 13.8 Å². The Morgan fingerprint density at radius 1 is 0.957 bits per heavy atom. The van der Waals surface area contributed by atoms with Crippen molar-refractivity contribution in [3.8, 4) is 11.1 Å². The number of likely N-dealkylation sites (N-methyl/N-ethyl adjacent to an activating group) is 1. The number of alkyl halides is 3. The third-order valence-electron chi connectivity index (χ3n) is 8.09. The van der Waals surface area contributed by atoms with Crippen LogP contribution in [0.15, 0.2) is 41.3 Å². The number of nitrogens with one attached hydrogen (secondary N) is 1. The number of hydrogen-bond donors (Lipinski definition) is 2. The van der Waals surface area contributed by atoms with Gasteiger partial charge in [-0.25, -0.2) is 8.78 Å². The number of benzene rings is 2. The second kappa shape index (κ2) is 15.2. The van der Waals surface area contributed by atoms with Gasteiger partial charge in [0.2, 0.25) is 5.91 Å². The summed E-state index contributed by atoms with van der Waals surface area (Å²) in [6.45, 7) is 8.86. The quantitative estimate of drug-likeness (QED) is 0.190. The summed E-state index contributed by atoms with van der Waals surface area (Å²) in [6, 6.07) is 3.38. The maximum absolute atomic E-state index is 15.7. The summed E-state index contributed by atoms with van der Waals surface area (Å²) in [5, 5.41) is 12.4. The molecule has 0 aliphatic heterocycles. The molecule has 2 aromatic carbocycles. The number of carbonyl (C=O) groups is 2. The van der Waals surface area contributed by atoms with Gasteiger partial charge in [-0.2, -0.15) is 13.2 Å². The van der Waals surface area contributed by atoms with Crippen molar-refractivity contribution in [2.75, 3.05) is 20.6 Å². The number of halogens is 5.